The maximum Gasteiger partial charge on any atom is 0.115 e. The molecule has 2 rings (SSSR count). The number of hydrogen-bond donors (Lipinski definition) is 1. The Balaban J connectivity index is 2.11. The molecule has 2 aromatic rings. The van der Waals surface area contributed by atoms with Gasteiger partial charge in [0.1, 0.15) is 12.4 Å². The van der Waals surface area contributed by atoms with Gasteiger partial charge in [-0.15, -0.1) is 0 Å². The molecule has 1 aromatic heterocycles. The van der Waals surface area contributed by atoms with E-state index >= 15 is 0 Å². The molecule has 0 amide bonds. The molecule has 0 saturated carbocycles. The Kier molecular flexibility index (Phi) is 3.64. The van der Waals surface area contributed by atoms with E-state index in [1.807, 2.05) is 24.3 Å². The molecule has 0 bridgehead atoms. The van der Waals surface area contributed by atoms with E-state index in [0.717, 1.165) is 10.0 Å². The van der Waals surface area contributed by atoms with Gasteiger partial charge >= 0.3 is 0 Å². The summed E-state index contributed by atoms with van der Waals surface area (Å²) in [6.07, 6.45) is 3.04. The highest BCUT2D eigenvalue weighted by molar-refractivity contribution is 9.10. The summed E-state index contributed by atoms with van der Waals surface area (Å²) >= 11 is 3.40. The first-order chi connectivity index (χ1) is 7.75. The van der Waals surface area contributed by atoms with E-state index in [4.69, 9.17) is 0 Å². The lowest BCUT2D eigenvalue weighted by Crippen LogP contribution is -2.04. The highest BCUT2D eigenvalue weighted by atomic mass is 79.9. The van der Waals surface area contributed by atoms with E-state index in [0.29, 0.717) is 12.1 Å². The van der Waals surface area contributed by atoms with Crippen molar-refractivity contribution in [3.63, 3.8) is 0 Å². The summed E-state index contributed by atoms with van der Waals surface area (Å²) in [6, 6.07) is 9.61. The van der Waals surface area contributed by atoms with Crippen LogP contribution >= 0.6 is 15.9 Å². The highest BCUT2D eigenvalue weighted by Gasteiger charge is 2.09. The Labute approximate surface area is 102 Å². The van der Waals surface area contributed by atoms with Crippen LogP contribution in [0.2, 0.25) is 0 Å². The van der Waals surface area contributed by atoms with Gasteiger partial charge in [0, 0.05) is 17.1 Å². The van der Waals surface area contributed by atoms with Crippen molar-refractivity contribution in [2.75, 3.05) is 0 Å². The second-order valence-electron chi connectivity index (χ2n) is 3.48. The van der Waals surface area contributed by atoms with Gasteiger partial charge in [-0.3, -0.25) is 0 Å². The SMILES string of the molecule is OC(Cc1cccc(Br)c1)c1ccncn1. The van der Waals surface area contributed by atoms with Crippen molar-refractivity contribution in [3.8, 4) is 0 Å². The summed E-state index contributed by atoms with van der Waals surface area (Å²) in [5.74, 6) is 0. The molecule has 0 aliphatic carbocycles. The Bertz CT molecular complexity index is 462. The second-order valence-corrected chi connectivity index (χ2v) is 4.40. The van der Waals surface area contributed by atoms with Gasteiger partial charge in [0.2, 0.25) is 0 Å². The summed E-state index contributed by atoms with van der Waals surface area (Å²) in [5, 5.41) is 9.96. The van der Waals surface area contributed by atoms with Crippen LogP contribution in [0.25, 0.3) is 0 Å². The molecular formula is C12H11BrN2O. The maximum atomic E-state index is 9.96. The van der Waals surface area contributed by atoms with Crippen LogP contribution in [-0.4, -0.2) is 15.1 Å². The summed E-state index contributed by atoms with van der Waals surface area (Å²) < 4.78 is 1.01. The number of hydrogen-bond acceptors (Lipinski definition) is 3. The summed E-state index contributed by atoms with van der Waals surface area (Å²) in [6.45, 7) is 0. The molecule has 0 spiro atoms. The Morgan fingerprint density at radius 3 is 2.88 bits per heavy atom. The molecule has 1 heterocycles. The van der Waals surface area contributed by atoms with Crippen molar-refractivity contribution in [2.24, 2.45) is 0 Å². The predicted molar refractivity (Wildman–Crippen MR) is 64.8 cm³/mol. The fraction of sp³-hybridized carbons (Fsp3) is 0.167. The lowest BCUT2D eigenvalue weighted by atomic mass is 10.1. The quantitative estimate of drug-likeness (QED) is 0.939. The van der Waals surface area contributed by atoms with Gasteiger partial charge < -0.3 is 5.11 Å². The van der Waals surface area contributed by atoms with E-state index < -0.39 is 6.10 Å². The molecule has 1 N–H and O–H groups in total. The topological polar surface area (TPSA) is 46.0 Å². The molecule has 1 atom stereocenters. The molecule has 0 saturated heterocycles. The summed E-state index contributed by atoms with van der Waals surface area (Å²) in [7, 11) is 0. The summed E-state index contributed by atoms with van der Waals surface area (Å²) in [5.41, 5.74) is 1.72. The number of halogens is 1. The minimum atomic E-state index is -0.586. The van der Waals surface area contributed by atoms with E-state index in [2.05, 4.69) is 25.9 Å². The fourth-order valence-corrected chi connectivity index (χ4v) is 1.94. The molecule has 1 unspecified atom stereocenters. The van der Waals surface area contributed by atoms with Gasteiger partial charge in [0.15, 0.2) is 0 Å². The third kappa shape index (κ3) is 2.87. The van der Waals surface area contributed by atoms with Crippen LogP contribution in [0.4, 0.5) is 0 Å². The third-order valence-electron chi connectivity index (χ3n) is 2.26. The van der Waals surface area contributed by atoms with Crippen molar-refractivity contribution < 1.29 is 5.11 Å². The van der Waals surface area contributed by atoms with E-state index in [9.17, 15) is 5.11 Å². The van der Waals surface area contributed by atoms with Gasteiger partial charge in [-0.1, -0.05) is 28.1 Å². The average molecular weight is 279 g/mol. The van der Waals surface area contributed by atoms with Crippen LogP contribution in [0, 0.1) is 0 Å². The minimum Gasteiger partial charge on any atom is -0.386 e. The molecule has 4 heteroatoms. The number of aliphatic hydroxyl groups is 1. The summed E-state index contributed by atoms with van der Waals surface area (Å²) in [4.78, 5) is 7.84. The lowest BCUT2D eigenvalue weighted by Gasteiger charge is -2.09. The molecule has 0 aliphatic rings. The van der Waals surface area contributed by atoms with Gasteiger partial charge in [0.05, 0.1) is 5.69 Å². The van der Waals surface area contributed by atoms with Crippen LogP contribution in [0.3, 0.4) is 0 Å². The zero-order valence-corrected chi connectivity index (χ0v) is 10.1. The number of nitrogens with zero attached hydrogens (tertiary/aromatic N) is 2. The standard InChI is InChI=1S/C12H11BrN2O/c13-10-3-1-2-9(6-10)7-12(16)11-4-5-14-8-15-11/h1-6,8,12,16H,7H2. The van der Waals surface area contributed by atoms with Crippen molar-refractivity contribution in [2.45, 2.75) is 12.5 Å². The zero-order chi connectivity index (χ0) is 11.4. The first-order valence-electron chi connectivity index (χ1n) is 4.94. The number of benzene rings is 1. The van der Waals surface area contributed by atoms with Crippen LogP contribution in [-0.2, 0) is 6.42 Å². The van der Waals surface area contributed by atoms with Gasteiger partial charge in [-0.25, -0.2) is 9.97 Å². The third-order valence-corrected chi connectivity index (χ3v) is 2.76. The Hall–Kier alpha value is -1.26. The van der Waals surface area contributed by atoms with E-state index in [1.54, 1.807) is 12.3 Å². The Morgan fingerprint density at radius 2 is 2.19 bits per heavy atom. The first kappa shape index (κ1) is 11.2. The zero-order valence-electron chi connectivity index (χ0n) is 8.55. The Morgan fingerprint density at radius 1 is 1.31 bits per heavy atom. The molecule has 1 aromatic carbocycles. The maximum absolute atomic E-state index is 9.96. The van der Waals surface area contributed by atoms with Crippen molar-refractivity contribution in [1.82, 2.24) is 9.97 Å². The van der Waals surface area contributed by atoms with Gasteiger partial charge in [0.25, 0.3) is 0 Å². The molecule has 0 radical (unpaired) electrons. The smallest absolute Gasteiger partial charge is 0.115 e. The monoisotopic (exact) mass is 278 g/mol. The largest absolute Gasteiger partial charge is 0.386 e. The van der Waals surface area contributed by atoms with Crippen LogP contribution in [0.15, 0.2) is 47.3 Å². The predicted octanol–water partition coefficient (Wildman–Crippen LogP) is 2.52. The average Bonchev–Trinajstić information content (AvgIpc) is 2.30. The van der Waals surface area contributed by atoms with Crippen molar-refractivity contribution in [3.05, 3.63) is 58.6 Å². The minimum absolute atomic E-state index is 0.552. The second kappa shape index (κ2) is 5.18. The fourth-order valence-electron chi connectivity index (χ4n) is 1.49. The van der Waals surface area contributed by atoms with Gasteiger partial charge in [-0.05, 0) is 23.8 Å². The molecule has 0 fully saturated rings. The lowest BCUT2D eigenvalue weighted by molar-refractivity contribution is 0.173. The first-order valence-corrected chi connectivity index (χ1v) is 5.73. The van der Waals surface area contributed by atoms with Crippen LogP contribution in [0.5, 0.6) is 0 Å². The number of aromatic nitrogens is 2. The molecular weight excluding hydrogens is 268 g/mol. The molecule has 0 aliphatic heterocycles. The number of aliphatic hydroxyl groups excluding tert-OH is 1. The molecule has 3 nitrogen and oxygen atoms in total. The van der Waals surface area contributed by atoms with Gasteiger partial charge in [-0.2, -0.15) is 0 Å². The molecule has 82 valence electrons. The van der Waals surface area contributed by atoms with Crippen molar-refractivity contribution >= 4 is 15.9 Å². The van der Waals surface area contributed by atoms with Crippen LogP contribution < -0.4 is 0 Å². The highest BCUT2D eigenvalue weighted by Crippen LogP contribution is 2.18. The number of rotatable bonds is 3. The van der Waals surface area contributed by atoms with Crippen LogP contribution in [0.1, 0.15) is 17.4 Å². The van der Waals surface area contributed by atoms with E-state index in [-0.39, 0.29) is 0 Å². The normalized spacial score (nSPS) is 12.4. The van der Waals surface area contributed by atoms with Crippen molar-refractivity contribution in [1.29, 1.82) is 0 Å². The molecule has 16 heavy (non-hydrogen) atoms. The van der Waals surface area contributed by atoms with E-state index in [1.165, 1.54) is 6.33 Å².